The van der Waals surface area contributed by atoms with Gasteiger partial charge in [-0.1, -0.05) is 19.9 Å². The topological polar surface area (TPSA) is 59.5 Å². The quantitative estimate of drug-likeness (QED) is 0.763. The smallest absolute Gasteiger partial charge is 0.232 e. The zero-order chi connectivity index (χ0) is 20.6. The largest absolute Gasteiger partial charge is 0.494 e. The average molecular weight is 390 g/mol. The molecule has 1 aromatic carbocycles. The highest BCUT2D eigenvalue weighted by Crippen LogP contribution is 2.47. The number of nitrogens with zero attached hydrogens (tertiary/aromatic N) is 2. The summed E-state index contributed by atoms with van der Waals surface area (Å²) < 4.78 is 5.53. The van der Waals surface area contributed by atoms with Crippen LogP contribution in [0.5, 0.6) is 5.75 Å². The summed E-state index contributed by atoms with van der Waals surface area (Å²) in [6.07, 6.45) is 3.13. The molecule has 1 atom stereocenters. The SMILES string of the molecule is CCOc1ccc(N2C(=O)CC(c3ccccn3)C3=C2CC(C)(C)CC3=O)cc1. The summed E-state index contributed by atoms with van der Waals surface area (Å²) in [5.41, 5.74) is 2.94. The molecule has 5 nitrogen and oxygen atoms in total. The van der Waals surface area contributed by atoms with Crippen LogP contribution in [0.15, 0.2) is 59.9 Å². The second-order valence-corrected chi connectivity index (χ2v) is 8.47. The number of rotatable bonds is 4. The molecule has 0 radical (unpaired) electrons. The van der Waals surface area contributed by atoms with Crippen LogP contribution in [0.25, 0.3) is 0 Å². The fraction of sp³-hybridized carbons (Fsp3) is 0.375. The van der Waals surface area contributed by atoms with Crippen molar-refractivity contribution < 1.29 is 14.3 Å². The van der Waals surface area contributed by atoms with Gasteiger partial charge in [0.15, 0.2) is 5.78 Å². The van der Waals surface area contributed by atoms with Crippen LogP contribution >= 0.6 is 0 Å². The molecule has 150 valence electrons. The van der Waals surface area contributed by atoms with Crippen LogP contribution in [0.4, 0.5) is 5.69 Å². The molecule has 1 aliphatic carbocycles. The molecule has 2 aromatic rings. The Bertz CT molecular complexity index is 961. The van der Waals surface area contributed by atoms with Gasteiger partial charge < -0.3 is 4.74 Å². The van der Waals surface area contributed by atoms with E-state index in [0.717, 1.165) is 28.4 Å². The van der Waals surface area contributed by atoms with Gasteiger partial charge in [-0.2, -0.15) is 0 Å². The maximum atomic E-state index is 13.3. The van der Waals surface area contributed by atoms with Crippen LogP contribution < -0.4 is 9.64 Å². The van der Waals surface area contributed by atoms with Crippen molar-refractivity contribution in [1.29, 1.82) is 0 Å². The predicted octanol–water partition coefficient (Wildman–Crippen LogP) is 4.64. The van der Waals surface area contributed by atoms with Gasteiger partial charge in [-0.25, -0.2) is 0 Å². The second kappa shape index (κ2) is 7.47. The number of carbonyl (C=O) groups is 2. The molecule has 0 N–H and O–H groups in total. The Morgan fingerprint density at radius 3 is 2.52 bits per heavy atom. The van der Waals surface area contributed by atoms with Crippen molar-refractivity contribution in [2.45, 2.75) is 46.0 Å². The number of anilines is 1. The molecule has 0 bridgehead atoms. The highest BCUT2D eigenvalue weighted by molar-refractivity contribution is 6.07. The molecule has 4 rings (SSSR count). The van der Waals surface area contributed by atoms with E-state index >= 15 is 0 Å². The van der Waals surface area contributed by atoms with E-state index in [9.17, 15) is 9.59 Å². The zero-order valence-electron chi connectivity index (χ0n) is 17.1. The fourth-order valence-corrected chi connectivity index (χ4v) is 4.41. The maximum absolute atomic E-state index is 13.3. The molecule has 1 aliphatic heterocycles. The third kappa shape index (κ3) is 3.69. The van der Waals surface area contributed by atoms with Gasteiger partial charge in [0.05, 0.1) is 6.61 Å². The minimum absolute atomic E-state index is 0.00550. The summed E-state index contributed by atoms with van der Waals surface area (Å²) in [6, 6.07) is 13.2. The van der Waals surface area contributed by atoms with Crippen LogP contribution in [-0.2, 0) is 9.59 Å². The van der Waals surface area contributed by atoms with E-state index in [1.54, 1.807) is 11.1 Å². The first kappa shape index (κ1) is 19.4. The number of carbonyl (C=O) groups excluding carboxylic acids is 2. The first-order chi connectivity index (χ1) is 13.9. The van der Waals surface area contributed by atoms with Crippen LogP contribution in [0.2, 0.25) is 0 Å². The lowest BCUT2D eigenvalue weighted by atomic mass is 9.70. The molecule has 2 aliphatic rings. The van der Waals surface area contributed by atoms with Gasteiger partial charge in [0.1, 0.15) is 5.75 Å². The predicted molar refractivity (Wildman–Crippen MR) is 112 cm³/mol. The maximum Gasteiger partial charge on any atom is 0.232 e. The molecule has 0 fully saturated rings. The molecular formula is C24H26N2O3. The van der Waals surface area contributed by atoms with Gasteiger partial charge in [-0.15, -0.1) is 0 Å². The monoisotopic (exact) mass is 390 g/mol. The van der Waals surface area contributed by atoms with Crippen LogP contribution in [0, 0.1) is 5.41 Å². The number of aromatic nitrogens is 1. The number of hydrogen-bond donors (Lipinski definition) is 0. The van der Waals surface area contributed by atoms with Gasteiger partial charge in [0.25, 0.3) is 0 Å². The minimum atomic E-state index is -0.277. The van der Waals surface area contributed by atoms with E-state index in [1.165, 1.54) is 0 Å². The molecule has 1 amide bonds. The Kier molecular flexibility index (Phi) is 4.99. The first-order valence-corrected chi connectivity index (χ1v) is 10.1. The van der Waals surface area contributed by atoms with Crippen molar-refractivity contribution in [2.75, 3.05) is 11.5 Å². The van der Waals surface area contributed by atoms with Gasteiger partial charge in [-0.05, 0) is 55.2 Å². The number of benzene rings is 1. The first-order valence-electron chi connectivity index (χ1n) is 10.1. The third-order valence-corrected chi connectivity index (χ3v) is 5.59. The number of allylic oxidation sites excluding steroid dienone is 2. The van der Waals surface area contributed by atoms with E-state index in [-0.39, 0.29) is 29.4 Å². The Morgan fingerprint density at radius 1 is 1.10 bits per heavy atom. The molecule has 0 spiro atoms. The molecule has 1 unspecified atom stereocenters. The van der Waals surface area contributed by atoms with Gasteiger partial charge in [0, 0.05) is 47.6 Å². The van der Waals surface area contributed by atoms with E-state index in [2.05, 4.69) is 18.8 Å². The highest BCUT2D eigenvalue weighted by Gasteiger charge is 2.44. The summed E-state index contributed by atoms with van der Waals surface area (Å²) >= 11 is 0. The van der Waals surface area contributed by atoms with Crippen molar-refractivity contribution in [3.05, 3.63) is 65.6 Å². The molecule has 5 heteroatoms. The normalized spacial score (nSPS) is 21.2. The number of ketones is 1. The lowest BCUT2D eigenvalue weighted by molar-refractivity contribution is -0.121. The molecular weight excluding hydrogens is 364 g/mol. The van der Waals surface area contributed by atoms with E-state index in [0.29, 0.717) is 19.4 Å². The van der Waals surface area contributed by atoms with Crippen molar-refractivity contribution >= 4 is 17.4 Å². The van der Waals surface area contributed by atoms with E-state index in [4.69, 9.17) is 4.74 Å². The van der Waals surface area contributed by atoms with Crippen LogP contribution in [-0.4, -0.2) is 23.3 Å². The van der Waals surface area contributed by atoms with Crippen molar-refractivity contribution in [3.63, 3.8) is 0 Å². The number of ether oxygens (including phenoxy) is 1. The second-order valence-electron chi connectivity index (χ2n) is 8.47. The van der Waals surface area contributed by atoms with Gasteiger partial charge >= 0.3 is 0 Å². The Morgan fingerprint density at radius 2 is 1.86 bits per heavy atom. The molecule has 29 heavy (non-hydrogen) atoms. The highest BCUT2D eigenvalue weighted by atomic mass is 16.5. The number of Topliss-reactive ketones (excluding diaryl/α,β-unsaturated/α-hetero) is 1. The molecule has 2 heterocycles. The van der Waals surface area contributed by atoms with Crippen molar-refractivity contribution in [1.82, 2.24) is 4.98 Å². The third-order valence-electron chi connectivity index (χ3n) is 5.59. The summed E-state index contributed by atoms with van der Waals surface area (Å²) in [6.45, 7) is 6.69. The number of amides is 1. The van der Waals surface area contributed by atoms with Gasteiger partial charge in [0.2, 0.25) is 5.91 Å². The van der Waals surface area contributed by atoms with Crippen molar-refractivity contribution in [3.8, 4) is 5.75 Å². The molecule has 0 saturated carbocycles. The van der Waals surface area contributed by atoms with E-state index < -0.39 is 0 Å². The van der Waals surface area contributed by atoms with E-state index in [1.807, 2.05) is 49.4 Å². The summed E-state index contributed by atoms with van der Waals surface area (Å²) in [4.78, 5) is 32.7. The summed E-state index contributed by atoms with van der Waals surface area (Å²) in [5.74, 6) is 0.604. The molecule has 0 saturated heterocycles. The Hall–Kier alpha value is -2.95. The van der Waals surface area contributed by atoms with Crippen LogP contribution in [0.3, 0.4) is 0 Å². The molecule has 1 aromatic heterocycles. The van der Waals surface area contributed by atoms with Crippen LogP contribution in [0.1, 0.15) is 51.6 Å². The Labute approximate surface area is 171 Å². The fourth-order valence-electron chi connectivity index (χ4n) is 4.41. The Balaban J connectivity index is 1.83. The summed E-state index contributed by atoms with van der Waals surface area (Å²) in [7, 11) is 0. The lowest BCUT2D eigenvalue weighted by Crippen LogP contribution is -2.43. The van der Waals surface area contributed by atoms with Gasteiger partial charge in [-0.3, -0.25) is 19.5 Å². The average Bonchev–Trinajstić information content (AvgIpc) is 2.68. The van der Waals surface area contributed by atoms with Crippen molar-refractivity contribution in [2.24, 2.45) is 5.41 Å². The summed E-state index contributed by atoms with van der Waals surface area (Å²) in [5, 5.41) is 0. The lowest BCUT2D eigenvalue weighted by Gasteiger charge is -2.42. The zero-order valence-corrected chi connectivity index (χ0v) is 17.1. The number of hydrogen-bond acceptors (Lipinski definition) is 4. The number of pyridine rings is 1. The standard InChI is InChI=1S/C24H26N2O3/c1-4-29-17-10-8-16(9-11-17)26-20-14-24(2,3)15-21(27)23(20)18(13-22(26)28)19-7-5-6-12-25-19/h5-12,18H,4,13-15H2,1-3H3. The minimum Gasteiger partial charge on any atom is -0.494 e.